The summed E-state index contributed by atoms with van der Waals surface area (Å²) in [6.45, 7) is 1.37. The number of hydrogen-bond donors (Lipinski definition) is 2. The fourth-order valence-electron chi connectivity index (χ4n) is 1.94. The van der Waals surface area contributed by atoms with Crippen LogP contribution in [0.1, 0.15) is 11.1 Å². The zero-order valence-corrected chi connectivity index (χ0v) is 12.6. The summed E-state index contributed by atoms with van der Waals surface area (Å²) >= 11 is 0. The molecule has 0 unspecified atom stereocenters. The van der Waals surface area contributed by atoms with Gasteiger partial charge in [-0.15, -0.1) is 0 Å². The number of methoxy groups -OCH3 is 1. The van der Waals surface area contributed by atoms with Gasteiger partial charge in [-0.1, -0.05) is 12.1 Å². The van der Waals surface area contributed by atoms with Crippen molar-refractivity contribution in [2.75, 3.05) is 14.2 Å². The predicted molar refractivity (Wildman–Crippen MR) is 83.2 cm³/mol. The van der Waals surface area contributed by atoms with Crippen molar-refractivity contribution in [1.82, 2.24) is 20.4 Å². The lowest BCUT2D eigenvalue weighted by molar-refractivity contribution is 0.414. The molecular formula is C15H21N5O. The zero-order valence-electron chi connectivity index (χ0n) is 12.6. The van der Waals surface area contributed by atoms with Gasteiger partial charge in [-0.2, -0.15) is 5.10 Å². The molecule has 2 rings (SSSR count). The number of hydrogen-bond acceptors (Lipinski definition) is 3. The van der Waals surface area contributed by atoms with E-state index in [1.807, 2.05) is 43.7 Å². The number of nitrogens with one attached hydrogen (secondary N) is 2. The third-order valence-electron chi connectivity index (χ3n) is 3.04. The van der Waals surface area contributed by atoms with Crippen LogP contribution in [0.5, 0.6) is 5.75 Å². The highest BCUT2D eigenvalue weighted by Crippen LogP contribution is 2.11. The topological polar surface area (TPSA) is 63.5 Å². The SMILES string of the molecule is CN=C(NCc1cccc(OC)c1)NCc1cnn(C)c1. The van der Waals surface area contributed by atoms with E-state index in [9.17, 15) is 0 Å². The molecule has 112 valence electrons. The highest BCUT2D eigenvalue weighted by atomic mass is 16.5. The van der Waals surface area contributed by atoms with Gasteiger partial charge >= 0.3 is 0 Å². The average molecular weight is 287 g/mol. The summed E-state index contributed by atoms with van der Waals surface area (Å²) in [6.07, 6.45) is 3.81. The standard InChI is InChI=1S/C15H21N5O/c1-16-15(18-9-13-10-19-20(2)11-13)17-8-12-5-4-6-14(7-12)21-3/h4-7,10-11H,8-9H2,1-3H3,(H2,16,17,18). The first-order valence-corrected chi connectivity index (χ1v) is 6.76. The number of ether oxygens (including phenoxy) is 1. The van der Waals surface area contributed by atoms with Crippen LogP contribution in [0.3, 0.4) is 0 Å². The zero-order chi connectivity index (χ0) is 15.1. The Morgan fingerprint density at radius 1 is 1.29 bits per heavy atom. The second-order valence-corrected chi connectivity index (χ2v) is 4.65. The first-order chi connectivity index (χ1) is 10.2. The minimum absolute atomic E-state index is 0.684. The molecule has 2 N–H and O–H groups in total. The summed E-state index contributed by atoms with van der Waals surface area (Å²) in [5.74, 6) is 1.61. The maximum Gasteiger partial charge on any atom is 0.191 e. The molecule has 0 aliphatic heterocycles. The molecule has 0 saturated heterocycles. The van der Waals surface area contributed by atoms with Gasteiger partial charge in [0.2, 0.25) is 0 Å². The molecule has 0 fully saturated rings. The van der Waals surface area contributed by atoms with Crippen molar-refractivity contribution in [2.45, 2.75) is 13.1 Å². The maximum absolute atomic E-state index is 5.21. The Bertz CT molecular complexity index is 606. The Balaban J connectivity index is 1.84. The van der Waals surface area contributed by atoms with E-state index in [1.165, 1.54) is 0 Å². The van der Waals surface area contributed by atoms with Crippen LogP contribution in [-0.2, 0) is 20.1 Å². The third kappa shape index (κ3) is 4.52. The van der Waals surface area contributed by atoms with Crippen LogP contribution in [0.15, 0.2) is 41.7 Å². The van der Waals surface area contributed by atoms with Crippen LogP contribution in [0.25, 0.3) is 0 Å². The summed E-state index contributed by atoms with van der Waals surface area (Å²) in [5.41, 5.74) is 2.25. The van der Waals surface area contributed by atoms with Gasteiger partial charge in [0.15, 0.2) is 5.96 Å². The number of aromatic nitrogens is 2. The van der Waals surface area contributed by atoms with Crippen molar-refractivity contribution < 1.29 is 4.74 Å². The van der Waals surface area contributed by atoms with E-state index >= 15 is 0 Å². The molecule has 0 aliphatic rings. The fraction of sp³-hybridized carbons (Fsp3) is 0.333. The van der Waals surface area contributed by atoms with Gasteiger partial charge < -0.3 is 15.4 Å². The van der Waals surface area contributed by atoms with Crippen molar-refractivity contribution in [2.24, 2.45) is 12.0 Å². The van der Waals surface area contributed by atoms with Gasteiger partial charge in [-0.25, -0.2) is 0 Å². The fourth-order valence-corrected chi connectivity index (χ4v) is 1.94. The molecule has 0 bridgehead atoms. The molecule has 0 amide bonds. The van der Waals surface area contributed by atoms with Crippen LogP contribution >= 0.6 is 0 Å². The number of benzene rings is 1. The van der Waals surface area contributed by atoms with E-state index in [2.05, 4.69) is 20.7 Å². The molecule has 6 heteroatoms. The number of guanidine groups is 1. The smallest absolute Gasteiger partial charge is 0.191 e. The van der Waals surface area contributed by atoms with Crippen LogP contribution < -0.4 is 15.4 Å². The second-order valence-electron chi connectivity index (χ2n) is 4.65. The van der Waals surface area contributed by atoms with Crippen molar-refractivity contribution in [3.8, 4) is 5.75 Å². The normalized spacial score (nSPS) is 11.3. The minimum Gasteiger partial charge on any atom is -0.497 e. The number of rotatable bonds is 5. The van der Waals surface area contributed by atoms with E-state index in [0.29, 0.717) is 13.1 Å². The molecule has 0 radical (unpaired) electrons. The molecule has 1 aromatic heterocycles. The predicted octanol–water partition coefficient (Wildman–Crippen LogP) is 1.29. The molecule has 0 aliphatic carbocycles. The quantitative estimate of drug-likeness (QED) is 0.642. The Morgan fingerprint density at radius 3 is 2.67 bits per heavy atom. The number of nitrogens with zero attached hydrogens (tertiary/aromatic N) is 3. The summed E-state index contributed by atoms with van der Waals surface area (Å²) in [6, 6.07) is 7.95. The first-order valence-electron chi connectivity index (χ1n) is 6.76. The number of aliphatic imine (C=N–C) groups is 1. The monoisotopic (exact) mass is 287 g/mol. The van der Waals surface area contributed by atoms with Crippen LogP contribution in [0.4, 0.5) is 0 Å². The van der Waals surface area contributed by atoms with Gasteiger partial charge in [-0.3, -0.25) is 9.67 Å². The van der Waals surface area contributed by atoms with Crippen LogP contribution in [0, 0.1) is 0 Å². The molecular weight excluding hydrogens is 266 g/mol. The largest absolute Gasteiger partial charge is 0.497 e. The van der Waals surface area contributed by atoms with Gasteiger partial charge in [0, 0.05) is 38.9 Å². The molecule has 0 atom stereocenters. The van der Waals surface area contributed by atoms with Crippen LogP contribution in [-0.4, -0.2) is 29.9 Å². The lowest BCUT2D eigenvalue weighted by atomic mass is 10.2. The Kier molecular flexibility index (Phi) is 5.20. The highest BCUT2D eigenvalue weighted by molar-refractivity contribution is 5.79. The first kappa shape index (κ1) is 14.9. The van der Waals surface area contributed by atoms with E-state index in [4.69, 9.17) is 4.74 Å². The third-order valence-corrected chi connectivity index (χ3v) is 3.04. The Labute approximate surface area is 124 Å². The van der Waals surface area contributed by atoms with Gasteiger partial charge in [0.05, 0.1) is 13.3 Å². The van der Waals surface area contributed by atoms with Gasteiger partial charge in [0.1, 0.15) is 5.75 Å². The van der Waals surface area contributed by atoms with Crippen molar-refractivity contribution in [3.05, 3.63) is 47.8 Å². The summed E-state index contributed by atoms with van der Waals surface area (Å²) < 4.78 is 6.99. The second kappa shape index (κ2) is 7.33. The maximum atomic E-state index is 5.21. The van der Waals surface area contributed by atoms with E-state index in [1.54, 1.807) is 18.8 Å². The molecule has 0 saturated carbocycles. The van der Waals surface area contributed by atoms with E-state index < -0.39 is 0 Å². The summed E-state index contributed by atoms with van der Waals surface area (Å²) in [4.78, 5) is 4.20. The molecule has 21 heavy (non-hydrogen) atoms. The molecule has 1 heterocycles. The van der Waals surface area contributed by atoms with Crippen molar-refractivity contribution >= 4 is 5.96 Å². The van der Waals surface area contributed by atoms with E-state index in [0.717, 1.165) is 22.8 Å². The van der Waals surface area contributed by atoms with E-state index in [-0.39, 0.29) is 0 Å². The lowest BCUT2D eigenvalue weighted by Gasteiger charge is -2.11. The van der Waals surface area contributed by atoms with Gasteiger partial charge in [0.25, 0.3) is 0 Å². The molecule has 0 spiro atoms. The summed E-state index contributed by atoms with van der Waals surface area (Å²) in [7, 11) is 5.32. The molecule has 2 aromatic rings. The molecule has 6 nitrogen and oxygen atoms in total. The molecule has 1 aromatic carbocycles. The van der Waals surface area contributed by atoms with Crippen molar-refractivity contribution in [1.29, 1.82) is 0 Å². The average Bonchev–Trinajstić information content (AvgIpc) is 2.93. The highest BCUT2D eigenvalue weighted by Gasteiger charge is 2.01. The van der Waals surface area contributed by atoms with Crippen molar-refractivity contribution in [3.63, 3.8) is 0 Å². The van der Waals surface area contributed by atoms with Crippen LogP contribution in [0.2, 0.25) is 0 Å². The van der Waals surface area contributed by atoms with Gasteiger partial charge in [-0.05, 0) is 17.7 Å². The summed E-state index contributed by atoms with van der Waals surface area (Å²) in [5, 5.41) is 10.7. The Morgan fingerprint density at radius 2 is 2.05 bits per heavy atom. The lowest BCUT2D eigenvalue weighted by Crippen LogP contribution is -2.36. The Hall–Kier alpha value is -2.50. The number of aryl methyl sites for hydroxylation is 1. The minimum atomic E-state index is 0.684.